The van der Waals surface area contributed by atoms with E-state index in [9.17, 15) is 22.3 Å². The van der Waals surface area contributed by atoms with Gasteiger partial charge in [-0.3, -0.25) is 0 Å². The van der Waals surface area contributed by atoms with Crippen molar-refractivity contribution in [3.63, 3.8) is 0 Å². The van der Waals surface area contributed by atoms with Crippen molar-refractivity contribution >= 4 is 31.8 Å². The number of aromatic nitrogens is 1. The standard InChI is InChI=1S/C19H22F2N2O3S/c1-2-3-8-27(25,26)22-11-15(24)12-23-18-6-4-13(20)9-16(18)17-10-14(21)5-7-19(17)23/h4-7,9-10,15,22,24H,2-3,8,11-12H2,1H3. The second-order valence-corrected chi connectivity index (χ2v) is 8.53. The van der Waals surface area contributed by atoms with Gasteiger partial charge in [-0.2, -0.15) is 0 Å². The topological polar surface area (TPSA) is 71.3 Å². The minimum absolute atomic E-state index is 0.0180. The lowest BCUT2D eigenvalue weighted by Crippen LogP contribution is -2.35. The van der Waals surface area contributed by atoms with Crippen LogP contribution in [-0.4, -0.2) is 36.5 Å². The number of hydrogen-bond acceptors (Lipinski definition) is 3. The Labute approximate surface area is 156 Å². The van der Waals surface area contributed by atoms with Crippen molar-refractivity contribution < 1.29 is 22.3 Å². The lowest BCUT2D eigenvalue weighted by Gasteiger charge is -2.15. The van der Waals surface area contributed by atoms with Crippen molar-refractivity contribution in [3.8, 4) is 0 Å². The molecule has 2 N–H and O–H groups in total. The van der Waals surface area contributed by atoms with Gasteiger partial charge in [0.25, 0.3) is 0 Å². The molecule has 0 aliphatic heterocycles. The molecule has 0 amide bonds. The summed E-state index contributed by atoms with van der Waals surface area (Å²) in [5.74, 6) is -0.852. The summed E-state index contributed by atoms with van der Waals surface area (Å²) < 4.78 is 55.2. The van der Waals surface area contributed by atoms with Gasteiger partial charge in [-0.05, 0) is 42.8 Å². The molecule has 0 fully saturated rings. The minimum Gasteiger partial charge on any atom is -0.390 e. The largest absolute Gasteiger partial charge is 0.390 e. The highest BCUT2D eigenvalue weighted by molar-refractivity contribution is 7.89. The average Bonchev–Trinajstić information content (AvgIpc) is 2.91. The Morgan fingerprint density at radius 3 is 2.15 bits per heavy atom. The molecule has 2 aromatic carbocycles. The van der Waals surface area contributed by atoms with Crippen LogP contribution in [0.25, 0.3) is 21.8 Å². The molecule has 3 aromatic rings. The van der Waals surface area contributed by atoms with Crippen LogP contribution in [0.15, 0.2) is 36.4 Å². The van der Waals surface area contributed by atoms with E-state index in [2.05, 4.69) is 4.72 Å². The van der Waals surface area contributed by atoms with Crippen molar-refractivity contribution in [2.45, 2.75) is 32.4 Å². The molecule has 1 atom stereocenters. The normalized spacial score (nSPS) is 13.5. The van der Waals surface area contributed by atoms with E-state index >= 15 is 0 Å². The molecule has 0 bridgehead atoms. The summed E-state index contributed by atoms with van der Waals surface area (Å²) in [5, 5.41) is 11.4. The number of nitrogens with one attached hydrogen (secondary N) is 1. The van der Waals surface area contributed by atoms with E-state index in [4.69, 9.17) is 0 Å². The lowest BCUT2D eigenvalue weighted by molar-refractivity contribution is 0.161. The number of fused-ring (bicyclic) bond motifs is 3. The summed E-state index contributed by atoms with van der Waals surface area (Å²) in [6, 6.07) is 8.39. The van der Waals surface area contributed by atoms with Crippen molar-refractivity contribution in [2.75, 3.05) is 12.3 Å². The third-order valence-electron chi connectivity index (χ3n) is 4.49. The van der Waals surface area contributed by atoms with Crippen molar-refractivity contribution in [1.82, 2.24) is 9.29 Å². The Bertz CT molecular complexity index is 1000. The Balaban J connectivity index is 1.87. The number of rotatable bonds is 8. The average molecular weight is 396 g/mol. The van der Waals surface area contributed by atoms with Crippen molar-refractivity contribution in [2.24, 2.45) is 0 Å². The number of halogens is 2. The molecule has 0 saturated heterocycles. The first-order chi connectivity index (χ1) is 12.8. The third-order valence-corrected chi connectivity index (χ3v) is 5.92. The van der Waals surface area contributed by atoms with Gasteiger partial charge in [0.15, 0.2) is 0 Å². The van der Waals surface area contributed by atoms with E-state index in [1.54, 1.807) is 16.7 Å². The first-order valence-corrected chi connectivity index (χ1v) is 10.5. The quantitative estimate of drug-likeness (QED) is 0.614. The highest BCUT2D eigenvalue weighted by atomic mass is 32.2. The van der Waals surface area contributed by atoms with E-state index < -0.39 is 27.8 Å². The molecule has 1 heterocycles. The fraction of sp³-hybridized carbons (Fsp3) is 0.368. The van der Waals surface area contributed by atoms with Crippen LogP contribution in [0.2, 0.25) is 0 Å². The second-order valence-electron chi connectivity index (χ2n) is 6.61. The van der Waals surface area contributed by atoms with Crippen LogP contribution in [-0.2, 0) is 16.6 Å². The molecule has 0 radical (unpaired) electrons. The van der Waals surface area contributed by atoms with E-state index in [1.165, 1.54) is 24.3 Å². The molecule has 0 aliphatic carbocycles. The number of aliphatic hydroxyl groups is 1. The number of unbranched alkanes of at least 4 members (excludes halogenated alkanes) is 1. The van der Waals surface area contributed by atoms with Gasteiger partial charge in [0.1, 0.15) is 11.6 Å². The summed E-state index contributed by atoms with van der Waals surface area (Å²) in [4.78, 5) is 0. The molecule has 0 saturated carbocycles. The molecule has 0 aliphatic rings. The SMILES string of the molecule is CCCCS(=O)(=O)NCC(O)Cn1c2ccc(F)cc2c2cc(F)ccc21. The van der Waals surface area contributed by atoms with Crippen LogP contribution in [0.1, 0.15) is 19.8 Å². The molecule has 8 heteroatoms. The summed E-state index contributed by atoms with van der Waals surface area (Å²) in [5.41, 5.74) is 1.29. The predicted molar refractivity (Wildman–Crippen MR) is 102 cm³/mol. The highest BCUT2D eigenvalue weighted by Crippen LogP contribution is 2.30. The molecule has 146 valence electrons. The molecule has 0 spiro atoms. The molecule has 3 rings (SSSR count). The number of sulfonamides is 1. The predicted octanol–water partition coefficient (Wildman–Crippen LogP) is 3.15. The van der Waals surface area contributed by atoms with Gasteiger partial charge in [-0.15, -0.1) is 0 Å². The molecule has 1 unspecified atom stereocenters. The van der Waals surface area contributed by atoms with E-state index in [-0.39, 0.29) is 18.8 Å². The van der Waals surface area contributed by atoms with Crippen LogP contribution in [0.3, 0.4) is 0 Å². The van der Waals surface area contributed by atoms with Gasteiger partial charge >= 0.3 is 0 Å². The molecule has 5 nitrogen and oxygen atoms in total. The lowest BCUT2D eigenvalue weighted by atomic mass is 10.1. The Morgan fingerprint density at radius 1 is 1.07 bits per heavy atom. The van der Waals surface area contributed by atoms with Gasteiger partial charge in [0.2, 0.25) is 10.0 Å². The zero-order chi connectivity index (χ0) is 19.6. The van der Waals surface area contributed by atoms with Crippen LogP contribution in [0, 0.1) is 11.6 Å². The number of hydrogen-bond donors (Lipinski definition) is 2. The summed E-state index contributed by atoms with van der Waals surface area (Å²) in [6.07, 6.45) is 0.322. The maximum atomic E-state index is 13.7. The smallest absolute Gasteiger partial charge is 0.211 e. The number of benzene rings is 2. The van der Waals surface area contributed by atoms with Crippen LogP contribution < -0.4 is 4.72 Å². The van der Waals surface area contributed by atoms with Crippen molar-refractivity contribution in [3.05, 3.63) is 48.0 Å². The molecule has 27 heavy (non-hydrogen) atoms. The zero-order valence-corrected chi connectivity index (χ0v) is 15.8. The summed E-state index contributed by atoms with van der Waals surface area (Å²) in [7, 11) is -3.43. The molecular weight excluding hydrogens is 374 g/mol. The molecular formula is C19H22F2N2O3S. The van der Waals surface area contributed by atoms with E-state index in [0.29, 0.717) is 28.2 Å². The van der Waals surface area contributed by atoms with Crippen LogP contribution >= 0.6 is 0 Å². The Kier molecular flexibility index (Phi) is 5.78. The number of nitrogens with zero attached hydrogens (tertiary/aromatic N) is 1. The van der Waals surface area contributed by atoms with Gasteiger partial charge < -0.3 is 9.67 Å². The van der Waals surface area contributed by atoms with Crippen LogP contribution in [0.5, 0.6) is 0 Å². The fourth-order valence-corrected chi connectivity index (χ4v) is 4.41. The van der Waals surface area contributed by atoms with Crippen LogP contribution in [0.4, 0.5) is 8.78 Å². The van der Waals surface area contributed by atoms with Gasteiger partial charge in [-0.1, -0.05) is 13.3 Å². The Hall–Kier alpha value is -2.03. The summed E-state index contributed by atoms with van der Waals surface area (Å²) in [6.45, 7) is 1.86. The Morgan fingerprint density at radius 2 is 1.63 bits per heavy atom. The highest BCUT2D eigenvalue weighted by Gasteiger charge is 2.17. The van der Waals surface area contributed by atoms with Gasteiger partial charge in [-0.25, -0.2) is 21.9 Å². The molecule has 1 aromatic heterocycles. The van der Waals surface area contributed by atoms with Gasteiger partial charge in [0, 0.05) is 28.4 Å². The first kappa shape index (κ1) is 19.7. The minimum atomic E-state index is -3.43. The van der Waals surface area contributed by atoms with Gasteiger partial charge in [0.05, 0.1) is 18.4 Å². The number of aliphatic hydroxyl groups excluding tert-OH is 1. The van der Waals surface area contributed by atoms with E-state index in [0.717, 1.165) is 6.42 Å². The maximum absolute atomic E-state index is 13.7. The zero-order valence-electron chi connectivity index (χ0n) is 15.0. The fourth-order valence-electron chi connectivity index (χ4n) is 3.15. The maximum Gasteiger partial charge on any atom is 0.211 e. The van der Waals surface area contributed by atoms with Crippen molar-refractivity contribution in [1.29, 1.82) is 0 Å². The van der Waals surface area contributed by atoms with E-state index in [1.807, 2.05) is 6.92 Å². The first-order valence-electron chi connectivity index (χ1n) is 8.83. The summed E-state index contributed by atoms with van der Waals surface area (Å²) >= 11 is 0. The monoisotopic (exact) mass is 396 g/mol. The second kappa shape index (κ2) is 7.92. The third kappa shape index (κ3) is 4.45.